The minimum absolute atomic E-state index is 0.0170. The molecule has 200 valence electrons. The van der Waals surface area contributed by atoms with Crippen molar-refractivity contribution in [3.63, 3.8) is 0 Å². The molecule has 10 nitrogen and oxygen atoms in total. The fourth-order valence-corrected chi connectivity index (χ4v) is 4.27. The zero-order chi connectivity index (χ0) is 27.9. The lowest BCUT2D eigenvalue weighted by molar-refractivity contribution is -0.149. The number of rotatable bonds is 10. The van der Waals surface area contributed by atoms with Gasteiger partial charge in [-0.15, -0.1) is 0 Å². The summed E-state index contributed by atoms with van der Waals surface area (Å²) >= 11 is 0. The van der Waals surface area contributed by atoms with Crippen molar-refractivity contribution < 1.29 is 41.1 Å². The van der Waals surface area contributed by atoms with Crippen molar-refractivity contribution in [1.29, 1.82) is 0 Å². The van der Waals surface area contributed by atoms with Crippen LogP contribution in [-0.2, 0) is 29.1 Å². The van der Waals surface area contributed by atoms with Crippen LogP contribution in [0.2, 0.25) is 0 Å². The van der Waals surface area contributed by atoms with E-state index in [1.807, 2.05) is 0 Å². The highest BCUT2D eigenvalue weighted by Gasteiger charge is 2.21. The van der Waals surface area contributed by atoms with Gasteiger partial charge in [0.05, 0.1) is 16.3 Å². The molecule has 3 aromatic carbocycles. The van der Waals surface area contributed by atoms with Gasteiger partial charge in [0.1, 0.15) is 17.4 Å². The van der Waals surface area contributed by atoms with Crippen LogP contribution in [0, 0.1) is 11.6 Å². The topological polar surface area (TPSA) is 131 Å². The van der Waals surface area contributed by atoms with E-state index >= 15 is 0 Å². The van der Waals surface area contributed by atoms with Crippen molar-refractivity contribution >= 4 is 44.9 Å². The van der Waals surface area contributed by atoms with Crippen LogP contribution in [0.25, 0.3) is 0 Å². The van der Waals surface area contributed by atoms with Crippen LogP contribution in [-0.4, -0.2) is 46.5 Å². The summed E-state index contributed by atoms with van der Waals surface area (Å²) in [5.41, 5.74) is 0.509. The fraction of sp³-hybridized carbons (Fsp3) is 0.160. The van der Waals surface area contributed by atoms with E-state index in [-0.39, 0.29) is 22.2 Å². The van der Waals surface area contributed by atoms with E-state index in [0.717, 1.165) is 16.4 Å². The molecule has 0 aliphatic rings. The highest BCUT2D eigenvalue weighted by Crippen LogP contribution is 2.25. The maximum atomic E-state index is 13.6. The van der Waals surface area contributed by atoms with Gasteiger partial charge in [-0.25, -0.2) is 22.0 Å². The van der Waals surface area contributed by atoms with E-state index in [4.69, 9.17) is 9.47 Å². The first-order chi connectivity index (χ1) is 18.0. The number of ether oxygens (including phenoxy) is 2. The summed E-state index contributed by atoms with van der Waals surface area (Å²) < 4.78 is 63.4. The van der Waals surface area contributed by atoms with Crippen molar-refractivity contribution in [2.45, 2.75) is 11.8 Å². The summed E-state index contributed by atoms with van der Waals surface area (Å²) in [5.74, 6) is -3.55. The van der Waals surface area contributed by atoms with E-state index in [2.05, 4.69) is 10.6 Å². The average molecular weight is 548 g/mol. The minimum Gasteiger partial charge on any atom is -0.482 e. The number of carbonyl (C=O) groups excluding carboxylic acids is 3. The second-order valence-corrected chi connectivity index (χ2v) is 9.76. The molecule has 0 saturated carbocycles. The van der Waals surface area contributed by atoms with Gasteiger partial charge in [-0.05, 0) is 60.7 Å². The van der Waals surface area contributed by atoms with Crippen LogP contribution in [0.5, 0.6) is 5.75 Å². The second-order valence-electron chi connectivity index (χ2n) is 7.79. The third kappa shape index (κ3) is 7.49. The molecular weight excluding hydrogens is 524 g/mol. The first-order valence-electron chi connectivity index (χ1n) is 11.0. The third-order valence-corrected chi connectivity index (χ3v) is 6.76. The highest BCUT2D eigenvalue weighted by molar-refractivity contribution is 7.92. The Bertz CT molecular complexity index is 1430. The van der Waals surface area contributed by atoms with Gasteiger partial charge in [0.25, 0.3) is 15.9 Å². The van der Waals surface area contributed by atoms with Crippen molar-refractivity contribution in [3.05, 3.63) is 78.4 Å². The Morgan fingerprint density at radius 2 is 1.55 bits per heavy atom. The standard InChI is InChI=1S/C25H23F2N3O7S/c1-16(31)28-18-4-10-21(11-5-18)38(34,35)30(2)19-6-8-20(9-7-19)36-15-25(33)37-14-24(32)29-23-12-3-17(26)13-22(23)27/h3-13H,14-15H2,1-2H3,(H,28,31)(H,29,32). The summed E-state index contributed by atoms with van der Waals surface area (Å²) in [5, 5.41) is 4.71. The summed E-state index contributed by atoms with van der Waals surface area (Å²) in [6.45, 7) is 0.0766. The third-order valence-electron chi connectivity index (χ3n) is 4.96. The van der Waals surface area contributed by atoms with Gasteiger partial charge in [-0.3, -0.25) is 13.9 Å². The fourth-order valence-electron chi connectivity index (χ4n) is 3.07. The van der Waals surface area contributed by atoms with Gasteiger partial charge in [0, 0.05) is 25.7 Å². The molecule has 0 atom stereocenters. The maximum absolute atomic E-state index is 13.6. The molecule has 2 N–H and O–H groups in total. The molecule has 0 unspecified atom stereocenters. The first kappa shape index (κ1) is 28.1. The molecule has 3 aromatic rings. The van der Waals surface area contributed by atoms with Crippen LogP contribution in [0.4, 0.5) is 25.8 Å². The summed E-state index contributed by atoms with van der Waals surface area (Å²) in [7, 11) is -2.52. The number of hydrogen-bond acceptors (Lipinski definition) is 7. The quantitative estimate of drug-likeness (QED) is 0.373. The SMILES string of the molecule is CC(=O)Nc1ccc(S(=O)(=O)N(C)c2ccc(OCC(=O)OCC(=O)Nc3ccc(F)cc3F)cc2)cc1. The number of carbonyl (C=O) groups is 3. The number of benzene rings is 3. The summed E-state index contributed by atoms with van der Waals surface area (Å²) in [6.07, 6.45) is 0. The maximum Gasteiger partial charge on any atom is 0.344 e. The number of nitrogens with one attached hydrogen (secondary N) is 2. The van der Waals surface area contributed by atoms with Crippen LogP contribution in [0.3, 0.4) is 0 Å². The molecule has 0 aromatic heterocycles. The lowest BCUT2D eigenvalue weighted by Crippen LogP contribution is -2.26. The Hall–Kier alpha value is -4.52. The Morgan fingerprint density at radius 3 is 2.16 bits per heavy atom. The molecule has 13 heteroatoms. The van der Waals surface area contributed by atoms with Gasteiger partial charge >= 0.3 is 5.97 Å². The zero-order valence-electron chi connectivity index (χ0n) is 20.2. The lowest BCUT2D eigenvalue weighted by Gasteiger charge is -2.20. The molecule has 38 heavy (non-hydrogen) atoms. The van der Waals surface area contributed by atoms with E-state index in [1.165, 1.54) is 62.5 Å². The normalized spacial score (nSPS) is 10.8. The Kier molecular flexibility index (Phi) is 8.97. The Labute approximate surface area is 217 Å². The van der Waals surface area contributed by atoms with Crippen LogP contribution < -0.4 is 19.7 Å². The lowest BCUT2D eigenvalue weighted by atomic mass is 10.3. The van der Waals surface area contributed by atoms with Gasteiger partial charge in [-0.2, -0.15) is 0 Å². The number of anilines is 3. The van der Waals surface area contributed by atoms with Gasteiger partial charge in [0.2, 0.25) is 5.91 Å². The van der Waals surface area contributed by atoms with E-state index in [0.29, 0.717) is 17.4 Å². The predicted molar refractivity (Wildman–Crippen MR) is 134 cm³/mol. The van der Waals surface area contributed by atoms with Crippen LogP contribution in [0.15, 0.2) is 71.6 Å². The van der Waals surface area contributed by atoms with Crippen LogP contribution >= 0.6 is 0 Å². The van der Waals surface area contributed by atoms with Gasteiger partial charge in [-0.1, -0.05) is 0 Å². The molecule has 0 aliphatic carbocycles. The Morgan fingerprint density at radius 1 is 0.895 bits per heavy atom. The molecule has 0 aliphatic heterocycles. The van der Waals surface area contributed by atoms with Crippen molar-refractivity contribution in [3.8, 4) is 5.75 Å². The molecule has 3 rings (SSSR count). The highest BCUT2D eigenvalue weighted by atomic mass is 32.2. The monoisotopic (exact) mass is 547 g/mol. The molecular formula is C25H23F2N3O7S. The average Bonchev–Trinajstić information content (AvgIpc) is 2.87. The molecule has 0 heterocycles. The minimum atomic E-state index is -3.89. The number of esters is 1. The summed E-state index contributed by atoms with van der Waals surface area (Å²) in [6, 6.07) is 14.1. The molecule has 0 fully saturated rings. The number of sulfonamides is 1. The molecule has 0 bridgehead atoms. The zero-order valence-corrected chi connectivity index (χ0v) is 21.1. The number of amides is 2. The first-order valence-corrected chi connectivity index (χ1v) is 12.4. The number of hydrogen-bond donors (Lipinski definition) is 2. The molecule has 0 saturated heterocycles. The largest absolute Gasteiger partial charge is 0.482 e. The van der Waals surface area contributed by atoms with E-state index in [9.17, 15) is 31.6 Å². The van der Waals surface area contributed by atoms with E-state index < -0.39 is 46.7 Å². The van der Waals surface area contributed by atoms with Gasteiger partial charge < -0.3 is 20.1 Å². The summed E-state index contributed by atoms with van der Waals surface area (Å²) in [4.78, 5) is 34.8. The second kappa shape index (κ2) is 12.1. The van der Waals surface area contributed by atoms with E-state index in [1.54, 1.807) is 0 Å². The van der Waals surface area contributed by atoms with Crippen molar-refractivity contribution in [2.24, 2.45) is 0 Å². The Balaban J connectivity index is 1.50. The smallest absolute Gasteiger partial charge is 0.344 e. The molecule has 2 amide bonds. The van der Waals surface area contributed by atoms with Crippen molar-refractivity contribution in [2.75, 3.05) is 35.2 Å². The molecule has 0 spiro atoms. The van der Waals surface area contributed by atoms with Crippen LogP contribution in [0.1, 0.15) is 6.92 Å². The predicted octanol–water partition coefficient (Wildman–Crippen LogP) is 3.31. The number of nitrogens with zero attached hydrogens (tertiary/aromatic N) is 1. The molecule has 0 radical (unpaired) electrons. The number of halogens is 2. The van der Waals surface area contributed by atoms with Crippen molar-refractivity contribution in [1.82, 2.24) is 0 Å². The van der Waals surface area contributed by atoms with Gasteiger partial charge in [0.15, 0.2) is 13.2 Å².